The highest BCUT2D eigenvalue weighted by Gasteiger charge is 2.20. The van der Waals surface area contributed by atoms with Crippen LogP contribution < -0.4 is 5.32 Å². The Hall–Kier alpha value is -1.00. The number of hydrogen-bond donors (Lipinski definition) is 1. The summed E-state index contributed by atoms with van der Waals surface area (Å²) >= 11 is 0. The Morgan fingerprint density at radius 2 is 2.27 bits per heavy atom. The third-order valence-electron chi connectivity index (χ3n) is 2.47. The number of ether oxygens (including phenoxy) is 1. The molecule has 0 saturated carbocycles. The van der Waals surface area contributed by atoms with E-state index in [4.69, 9.17) is 4.74 Å². The van der Waals surface area contributed by atoms with E-state index in [1.54, 1.807) is 13.3 Å². The lowest BCUT2D eigenvalue weighted by Crippen LogP contribution is -2.30. The Bertz CT molecular complexity index is 302. The first kappa shape index (κ1) is 12.1. The molecule has 1 heterocycles. The summed E-state index contributed by atoms with van der Waals surface area (Å²) in [5.74, 6) is -0.321. The molecule has 2 unspecified atom stereocenters. The maximum Gasteiger partial charge on any atom is 0.141 e. The molecule has 0 bridgehead atoms. The molecule has 15 heavy (non-hydrogen) atoms. The van der Waals surface area contributed by atoms with Gasteiger partial charge < -0.3 is 10.1 Å². The fourth-order valence-corrected chi connectivity index (χ4v) is 1.70. The van der Waals surface area contributed by atoms with E-state index in [9.17, 15) is 4.39 Å². The molecule has 2 atom stereocenters. The molecule has 0 radical (unpaired) electrons. The monoisotopic (exact) mass is 212 g/mol. The van der Waals surface area contributed by atoms with Gasteiger partial charge in [-0.3, -0.25) is 4.98 Å². The Kier molecular flexibility index (Phi) is 4.65. The van der Waals surface area contributed by atoms with Gasteiger partial charge in [0.2, 0.25) is 0 Å². The molecule has 1 aromatic heterocycles. The first-order valence-corrected chi connectivity index (χ1v) is 5.03. The van der Waals surface area contributed by atoms with Gasteiger partial charge in [-0.1, -0.05) is 6.92 Å². The number of rotatable bonds is 5. The minimum Gasteiger partial charge on any atom is -0.379 e. The lowest BCUT2D eigenvalue weighted by atomic mass is 10.0. The van der Waals surface area contributed by atoms with Crippen LogP contribution in [0, 0.1) is 5.82 Å². The number of aromatic nitrogens is 1. The number of nitrogens with one attached hydrogen (secondary N) is 1. The molecule has 3 nitrogen and oxygen atoms in total. The number of pyridine rings is 1. The number of likely N-dealkylation sites (N-methyl/N-ethyl adjacent to an activating group) is 1. The SMILES string of the molecule is CCC(OC)C(NC)c1cncc(F)c1. The van der Waals surface area contributed by atoms with Crippen LogP contribution in [0.4, 0.5) is 4.39 Å². The average molecular weight is 212 g/mol. The summed E-state index contributed by atoms with van der Waals surface area (Å²) in [6.45, 7) is 2.03. The summed E-state index contributed by atoms with van der Waals surface area (Å²) in [4.78, 5) is 3.83. The molecule has 0 aromatic carbocycles. The molecule has 0 aliphatic heterocycles. The first-order valence-electron chi connectivity index (χ1n) is 5.03. The zero-order valence-corrected chi connectivity index (χ0v) is 9.33. The first-order chi connectivity index (χ1) is 7.22. The molecule has 0 amide bonds. The van der Waals surface area contributed by atoms with Crippen LogP contribution >= 0.6 is 0 Å². The van der Waals surface area contributed by atoms with Crippen LogP contribution in [0.3, 0.4) is 0 Å². The van der Waals surface area contributed by atoms with Gasteiger partial charge in [-0.25, -0.2) is 4.39 Å². The minimum atomic E-state index is -0.321. The van der Waals surface area contributed by atoms with Crippen LogP contribution in [0.15, 0.2) is 18.5 Å². The van der Waals surface area contributed by atoms with Gasteiger partial charge in [-0.2, -0.15) is 0 Å². The van der Waals surface area contributed by atoms with E-state index in [0.29, 0.717) is 0 Å². The summed E-state index contributed by atoms with van der Waals surface area (Å²) in [5, 5.41) is 3.12. The Morgan fingerprint density at radius 3 is 2.73 bits per heavy atom. The van der Waals surface area contributed by atoms with Crippen molar-refractivity contribution < 1.29 is 9.13 Å². The van der Waals surface area contributed by atoms with Crippen molar-refractivity contribution in [2.75, 3.05) is 14.2 Å². The standard InChI is InChI=1S/C11H17FN2O/c1-4-10(15-3)11(13-2)8-5-9(12)7-14-6-8/h5-7,10-11,13H,4H2,1-3H3. The van der Waals surface area contributed by atoms with Crippen LogP contribution in [0.25, 0.3) is 0 Å². The van der Waals surface area contributed by atoms with Gasteiger partial charge >= 0.3 is 0 Å². The molecule has 0 saturated heterocycles. The zero-order valence-electron chi connectivity index (χ0n) is 9.33. The van der Waals surface area contributed by atoms with Crippen LogP contribution in [-0.2, 0) is 4.74 Å². The maximum atomic E-state index is 13.0. The van der Waals surface area contributed by atoms with Crippen LogP contribution in [0.5, 0.6) is 0 Å². The highest BCUT2D eigenvalue weighted by atomic mass is 19.1. The highest BCUT2D eigenvalue weighted by molar-refractivity contribution is 5.16. The fourth-order valence-electron chi connectivity index (χ4n) is 1.70. The molecular weight excluding hydrogens is 195 g/mol. The Balaban J connectivity index is 2.90. The number of nitrogens with zero attached hydrogens (tertiary/aromatic N) is 1. The molecule has 1 aromatic rings. The number of halogens is 1. The van der Waals surface area contributed by atoms with Crippen molar-refractivity contribution in [1.29, 1.82) is 0 Å². The van der Waals surface area contributed by atoms with E-state index in [2.05, 4.69) is 10.3 Å². The summed E-state index contributed by atoms with van der Waals surface area (Å²) in [7, 11) is 3.49. The van der Waals surface area contributed by atoms with Crippen molar-refractivity contribution in [2.45, 2.75) is 25.5 Å². The largest absolute Gasteiger partial charge is 0.379 e. The average Bonchev–Trinajstić information content (AvgIpc) is 2.25. The second-order valence-electron chi connectivity index (χ2n) is 3.39. The summed E-state index contributed by atoms with van der Waals surface area (Å²) in [6.07, 6.45) is 3.74. The lowest BCUT2D eigenvalue weighted by Gasteiger charge is -2.24. The summed E-state index contributed by atoms with van der Waals surface area (Å²) in [5.41, 5.74) is 0.811. The van der Waals surface area contributed by atoms with E-state index in [0.717, 1.165) is 12.0 Å². The van der Waals surface area contributed by atoms with Crippen molar-refractivity contribution in [3.05, 3.63) is 29.8 Å². The Morgan fingerprint density at radius 1 is 1.53 bits per heavy atom. The molecule has 1 N–H and O–H groups in total. The molecule has 0 aliphatic rings. The normalized spacial score (nSPS) is 14.9. The third-order valence-corrected chi connectivity index (χ3v) is 2.47. The van der Waals surface area contributed by atoms with E-state index in [1.807, 2.05) is 14.0 Å². The second kappa shape index (κ2) is 5.78. The molecule has 4 heteroatoms. The number of hydrogen-bond acceptors (Lipinski definition) is 3. The minimum absolute atomic E-state index is 0.0248. The van der Waals surface area contributed by atoms with Crippen LogP contribution in [-0.4, -0.2) is 25.2 Å². The topological polar surface area (TPSA) is 34.1 Å². The van der Waals surface area contributed by atoms with Gasteiger partial charge in [0.25, 0.3) is 0 Å². The number of methoxy groups -OCH3 is 1. The second-order valence-corrected chi connectivity index (χ2v) is 3.39. The quantitative estimate of drug-likeness (QED) is 0.809. The van der Waals surface area contributed by atoms with Crippen molar-refractivity contribution in [2.24, 2.45) is 0 Å². The molecule has 84 valence electrons. The predicted octanol–water partition coefficient (Wildman–Crippen LogP) is 1.91. The predicted molar refractivity (Wildman–Crippen MR) is 57.1 cm³/mol. The van der Waals surface area contributed by atoms with Crippen molar-refractivity contribution in [3.63, 3.8) is 0 Å². The summed E-state index contributed by atoms with van der Waals surface area (Å²) in [6, 6.07) is 1.46. The highest BCUT2D eigenvalue weighted by Crippen LogP contribution is 2.20. The smallest absolute Gasteiger partial charge is 0.141 e. The lowest BCUT2D eigenvalue weighted by molar-refractivity contribution is 0.0674. The zero-order chi connectivity index (χ0) is 11.3. The molecular formula is C11H17FN2O. The molecule has 0 fully saturated rings. The van der Waals surface area contributed by atoms with Gasteiger partial charge in [0.1, 0.15) is 5.82 Å². The van der Waals surface area contributed by atoms with Gasteiger partial charge in [0.05, 0.1) is 18.3 Å². The summed E-state index contributed by atoms with van der Waals surface area (Å²) < 4.78 is 18.3. The van der Waals surface area contributed by atoms with Crippen molar-refractivity contribution >= 4 is 0 Å². The Labute approximate surface area is 89.7 Å². The third kappa shape index (κ3) is 2.97. The van der Waals surface area contributed by atoms with E-state index >= 15 is 0 Å². The molecule has 0 aliphatic carbocycles. The van der Waals surface area contributed by atoms with E-state index < -0.39 is 0 Å². The van der Waals surface area contributed by atoms with Gasteiger partial charge in [-0.05, 0) is 25.1 Å². The van der Waals surface area contributed by atoms with E-state index in [1.165, 1.54) is 12.3 Å². The maximum absolute atomic E-state index is 13.0. The van der Waals surface area contributed by atoms with Gasteiger partial charge in [0.15, 0.2) is 0 Å². The molecule has 1 rings (SSSR count). The van der Waals surface area contributed by atoms with Crippen LogP contribution in [0.1, 0.15) is 24.9 Å². The fraction of sp³-hybridized carbons (Fsp3) is 0.545. The molecule has 0 spiro atoms. The van der Waals surface area contributed by atoms with Crippen molar-refractivity contribution in [1.82, 2.24) is 10.3 Å². The van der Waals surface area contributed by atoms with Crippen LogP contribution in [0.2, 0.25) is 0 Å². The van der Waals surface area contributed by atoms with E-state index in [-0.39, 0.29) is 18.0 Å². The van der Waals surface area contributed by atoms with Gasteiger partial charge in [0, 0.05) is 13.3 Å². The van der Waals surface area contributed by atoms with Gasteiger partial charge in [-0.15, -0.1) is 0 Å². The van der Waals surface area contributed by atoms with Crippen molar-refractivity contribution in [3.8, 4) is 0 Å².